The van der Waals surface area contributed by atoms with Crippen molar-refractivity contribution in [3.63, 3.8) is 0 Å². The van der Waals surface area contributed by atoms with Crippen LogP contribution in [0.15, 0.2) is 97.1 Å². The molecule has 2 N–H and O–H groups in total. The van der Waals surface area contributed by atoms with Crippen molar-refractivity contribution in [1.82, 2.24) is 4.90 Å². The first-order chi connectivity index (χ1) is 25.5. The van der Waals surface area contributed by atoms with Gasteiger partial charge in [0.15, 0.2) is 5.60 Å². The Labute approximate surface area is 316 Å². The summed E-state index contributed by atoms with van der Waals surface area (Å²) in [5.41, 5.74) is 2.03. The molecule has 3 aliphatic heterocycles. The van der Waals surface area contributed by atoms with Gasteiger partial charge in [-0.2, -0.15) is 0 Å². The number of amides is 3. The standard InChI is InChI=1S/C42H46ClN3O6Si/c1-27-39(53(3,4)34-19-17-33(51-2)18-20-34)37(24-38(48)45-22-8-11-32(45)26-47)52-42(27)35-23-30(43)14-21-36(35)46(41(42)50)25-28-12-15-31(16-13-28)44-40(49)29-9-6-5-7-10-29/h5-7,9-10,12-21,23,27,32,37,39,47H,8,11,22,24-26H2,1-4H3,(H,44,49)/t27-,32+,37+,39-,42+/m1/s1. The van der Waals surface area contributed by atoms with Crippen molar-refractivity contribution < 1.29 is 29.0 Å². The van der Waals surface area contributed by atoms with Crippen molar-refractivity contribution in [1.29, 1.82) is 0 Å². The van der Waals surface area contributed by atoms with Crippen molar-refractivity contribution in [2.75, 3.05) is 30.5 Å². The maximum Gasteiger partial charge on any atom is 0.264 e. The number of benzene rings is 4. The number of hydrogen-bond donors (Lipinski definition) is 2. The third-order valence-corrected chi connectivity index (χ3v) is 16.3. The van der Waals surface area contributed by atoms with E-state index in [-0.39, 0.29) is 54.8 Å². The lowest BCUT2D eigenvalue weighted by molar-refractivity contribution is -0.150. The SMILES string of the molecule is COc1ccc([Si](C)(C)[C@H]2[C@H](CC(=O)N3CCC[C@H]3CO)O[C@@]3(C(=O)N(Cc4ccc(NC(=O)c5ccccc5)cc4)c4ccc(Cl)cc43)[C@@H]2C)cc1. The maximum absolute atomic E-state index is 15.1. The van der Waals surface area contributed by atoms with Gasteiger partial charge in [0.1, 0.15) is 5.75 Å². The molecule has 3 heterocycles. The molecule has 3 aliphatic rings. The molecular weight excluding hydrogens is 706 g/mol. The van der Waals surface area contributed by atoms with E-state index in [9.17, 15) is 14.7 Å². The number of nitrogens with zero attached hydrogens (tertiary/aromatic N) is 2. The topological polar surface area (TPSA) is 108 Å². The average Bonchev–Trinajstić information content (AvgIpc) is 3.83. The van der Waals surface area contributed by atoms with Gasteiger partial charge in [0.25, 0.3) is 11.8 Å². The third kappa shape index (κ3) is 6.67. The first-order valence-corrected chi connectivity index (χ1v) is 21.7. The molecule has 3 amide bonds. The van der Waals surface area contributed by atoms with Crippen LogP contribution in [0.5, 0.6) is 5.75 Å². The van der Waals surface area contributed by atoms with E-state index in [0.717, 1.165) is 29.8 Å². The Bertz CT molecular complexity index is 1990. The van der Waals surface area contributed by atoms with E-state index < -0.39 is 19.8 Å². The molecule has 0 radical (unpaired) electrons. The zero-order valence-electron chi connectivity index (χ0n) is 30.6. The van der Waals surface area contributed by atoms with Crippen LogP contribution in [-0.2, 0) is 26.5 Å². The van der Waals surface area contributed by atoms with Crippen molar-refractivity contribution in [2.45, 2.75) is 69.1 Å². The fraction of sp³-hybridized carbons (Fsp3) is 0.357. The molecule has 9 nitrogen and oxygen atoms in total. The highest BCUT2D eigenvalue weighted by Crippen LogP contribution is 2.60. The Kier molecular flexibility index (Phi) is 10.3. The maximum atomic E-state index is 15.1. The lowest BCUT2D eigenvalue weighted by Gasteiger charge is -2.37. The summed E-state index contributed by atoms with van der Waals surface area (Å²) in [6, 6.07) is 30.0. The van der Waals surface area contributed by atoms with Crippen LogP contribution in [0, 0.1) is 5.92 Å². The van der Waals surface area contributed by atoms with Crippen LogP contribution in [0.1, 0.15) is 47.7 Å². The molecule has 7 rings (SSSR count). The lowest BCUT2D eigenvalue weighted by Crippen LogP contribution is -2.52. The smallest absolute Gasteiger partial charge is 0.264 e. The molecule has 0 aromatic heterocycles. The summed E-state index contributed by atoms with van der Waals surface area (Å²) < 4.78 is 12.6. The van der Waals surface area contributed by atoms with Gasteiger partial charge in [-0.25, -0.2) is 0 Å². The fourth-order valence-corrected chi connectivity index (χ4v) is 13.1. The Morgan fingerprint density at radius 1 is 1.02 bits per heavy atom. The van der Waals surface area contributed by atoms with E-state index in [1.54, 1.807) is 35.1 Å². The van der Waals surface area contributed by atoms with Crippen LogP contribution in [0.25, 0.3) is 0 Å². The van der Waals surface area contributed by atoms with Gasteiger partial charge in [0.2, 0.25) is 5.91 Å². The molecule has 0 bridgehead atoms. The monoisotopic (exact) mass is 751 g/mol. The van der Waals surface area contributed by atoms with Gasteiger partial charge in [0.05, 0.1) is 52.6 Å². The number of rotatable bonds is 10. The van der Waals surface area contributed by atoms with Crippen molar-refractivity contribution in [3.8, 4) is 5.75 Å². The highest BCUT2D eigenvalue weighted by molar-refractivity contribution is 6.91. The minimum atomic E-state index is -2.48. The molecule has 11 heteroatoms. The van der Waals surface area contributed by atoms with Gasteiger partial charge in [-0.05, 0) is 78.5 Å². The molecule has 0 aliphatic carbocycles. The summed E-state index contributed by atoms with van der Waals surface area (Å²) in [6.07, 6.45) is 1.17. The second-order valence-corrected chi connectivity index (χ2v) is 20.1. The summed E-state index contributed by atoms with van der Waals surface area (Å²) in [5, 5.41) is 14.7. The second kappa shape index (κ2) is 14.7. The highest BCUT2D eigenvalue weighted by atomic mass is 35.5. The number of anilines is 2. The third-order valence-electron chi connectivity index (χ3n) is 11.7. The number of methoxy groups -OCH3 is 1. The van der Waals surface area contributed by atoms with Crippen LogP contribution in [0.2, 0.25) is 23.7 Å². The number of hydrogen-bond acceptors (Lipinski definition) is 6. The van der Waals surface area contributed by atoms with E-state index in [4.69, 9.17) is 21.1 Å². The quantitative estimate of drug-likeness (QED) is 0.174. The summed E-state index contributed by atoms with van der Waals surface area (Å²) in [5.74, 6) is 0.0134. The summed E-state index contributed by atoms with van der Waals surface area (Å²) in [4.78, 5) is 45.5. The summed E-state index contributed by atoms with van der Waals surface area (Å²) in [7, 11) is -0.832. The van der Waals surface area contributed by atoms with E-state index >= 15 is 4.79 Å². The number of aliphatic hydroxyl groups is 1. The summed E-state index contributed by atoms with van der Waals surface area (Å²) >= 11 is 6.67. The van der Waals surface area contributed by atoms with Gasteiger partial charge in [0, 0.05) is 34.3 Å². The van der Waals surface area contributed by atoms with Crippen LogP contribution < -0.4 is 20.1 Å². The number of nitrogens with one attached hydrogen (secondary N) is 1. The zero-order chi connectivity index (χ0) is 37.5. The molecule has 2 fully saturated rings. The molecule has 276 valence electrons. The Morgan fingerprint density at radius 3 is 2.42 bits per heavy atom. The van der Waals surface area contributed by atoms with E-state index in [0.29, 0.717) is 28.4 Å². The van der Waals surface area contributed by atoms with Crippen molar-refractivity contribution in [3.05, 3.63) is 119 Å². The molecule has 0 unspecified atom stereocenters. The second-order valence-electron chi connectivity index (χ2n) is 15.0. The minimum Gasteiger partial charge on any atom is -0.497 e. The number of carbonyl (C=O) groups is 3. The van der Waals surface area contributed by atoms with Gasteiger partial charge < -0.3 is 29.7 Å². The number of halogens is 1. The molecular formula is C42H46ClN3O6Si. The van der Waals surface area contributed by atoms with Crippen molar-refractivity contribution >= 4 is 54.0 Å². The summed E-state index contributed by atoms with van der Waals surface area (Å²) in [6.45, 7) is 7.47. The van der Waals surface area contributed by atoms with Crippen molar-refractivity contribution in [2.24, 2.45) is 5.92 Å². The fourth-order valence-electron chi connectivity index (χ4n) is 8.95. The lowest BCUT2D eigenvalue weighted by atomic mass is 9.82. The molecule has 0 saturated carbocycles. The largest absolute Gasteiger partial charge is 0.497 e. The molecule has 1 spiro atoms. The predicted octanol–water partition coefficient (Wildman–Crippen LogP) is 6.74. The first-order valence-electron chi connectivity index (χ1n) is 18.3. The average molecular weight is 752 g/mol. The Morgan fingerprint density at radius 2 is 1.74 bits per heavy atom. The van der Waals surface area contributed by atoms with Gasteiger partial charge in [-0.1, -0.05) is 79.3 Å². The van der Waals surface area contributed by atoms with E-state index in [1.807, 2.05) is 66.7 Å². The molecule has 4 aromatic carbocycles. The van der Waals surface area contributed by atoms with E-state index in [1.165, 1.54) is 5.19 Å². The van der Waals surface area contributed by atoms with Gasteiger partial charge >= 0.3 is 0 Å². The van der Waals surface area contributed by atoms with Gasteiger partial charge in [-0.15, -0.1) is 0 Å². The number of carbonyl (C=O) groups excluding carboxylic acids is 3. The predicted molar refractivity (Wildman–Crippen MR) is 209 cm³/mol. The van der Waals surface area contributed by atoms with Crippen LogP contribution in [0.4, 0.5) is 11.4 Å². The molecule has 5 atom stereocenters. The van der Waals surface area contributed by atoms with Gasteiger partial charge in [-0.3, -0.25) is 14.4 Å². The zero-order valence-corrected chi connectivity index (χ0v) is 32.3. The molecule has 4 aromatic rings. The molecule has 2 saturated heterocycles. The van der Waals surface area contributed by atoms with Crippen LogP contribution in [0.3, 0.4) is 0 Å². The Balaban J connectivity index is 1.22. The normalized spacial score (nSPS) is 23.8. The minimum absolute atomic E-state index is 0.0617. The number of aliphatic hydroxyl groups excluding tert-OH is 1. The number of ether oxygens (including phenoxy) is 2. The Hall–Kier alpha value is -4.48. The number of likely N-dealkylation sites (tertiary alicyclic amines) is 1. The molecule has 53 heavy (non-hydrogen) atoms. The van der Waals surface area contributed by atoms with E-state index in [2.05, 4.69) is 37.5 Å². The highest BCUT2D eigenvalue weighted by Gasteiger charge is 2.66. The first kappa shape index (κ1) is 36.9. The van der Waals surface area contributed by atoms with Crippen LogP contribution >= 0.6 is 11.6 Å². The van der Waals surface area contributed by atoms with Crippen LogP contribution in [-0.4, -0.2) is 68.2 Å². The number of fused-ring (bicyclic) bond motifs is 2.